The molecule has 1 heterocycles. The highest BCUT2D eigenvalue weighted by molar-refractivity contribution is 6.43. The Kier molecular flexibility index (Phi) is 3.28. The maximum absolute atomic E-state index is 12.5. The topological polar surface area (TPSA) is 46.6 Å². The number of nitrogens with zero attached hydrogens (tertiary/aromatic N) is 1. The zero-order chi connectivity index (χ0) is 14.8. The molecule has 0 N–H and O–H groups in total. The summed E-state index contributed by atoms with van der Waals surface area (Å²) in [5.41, 5.74) is 1.67. The molecular weight excluding hydrogens is 266 g/mol. The third-order valence-corrected chi connectivity index (χ3v) is 3.34. The van der Waals surface area contributed by atoms with E-state index in [4.69, 9.17) is 4.74 Å². The van der Waals surface area contributed by atoms with Crippen LogP contribution in [0.25, 0.3) is 5.57 Å². The van der Waals surface area contributed by atoms with Crippen molar-refractivity contribution in [2.75, 3.05) is 12.0 Å². The van der Waals surface area contributed by atoms with Crippen LogP contribution in [0.15, 0.2) is 60.7 Å². The first-order chi connectivity index (χ1) is 10.2. The van der Waals surface area contributed by atoms with Gasteiger partial charge in [0.15, 0.2) is 0 Å². The molecule has 0 saturated carbocycles. The van der Waals surface area contributed by atoms with E-state index in [-0.39, 0.29) is 11.8 Å². The Hall–Kier alpha value is -2.88. The van der Waals surface area contributed by atoms with Crippen LogP contribution in [-0.4, -0.2) is 18.9 Å². The Labute approximate surface area is 122 Å². The fourth-order valence-electron chi connectivity index (χ4n) is 2.27. The van der Waals surface area contributed by atoms with E-state index in [1.165, 1.54) is 11.0 Å². The molecule has 0 spiro atoms. The zero-order valence-electron chi connectivity index (χ0n) is 11.4. The van der Waals surface area contributed by atoms with Gasteiger partial charge in [-0.15, -0.1) is 0 Å². The van der Waals surface area contributed by atoms with Gasteiger partial charge in [0.25, 0.3) is 11.8 Å². The lowest BCUT2D eigenvalue weighted by atomic mass is 10.1. The first-order valence-electron chi connectivity index (χ1n) is 6.50. The number of carbonyl (C=O) groups excluding carboxylic acids is 2. The van der Waals surface area contributed by atoms with Crippen LogP contribution in [0.3, 0.4) is 0 Å². The number of para-hydroxylation sites is 1. The van der Waals surface area contributed by atoms with E-state index in [0.29, 0.717) is 22.6 Å². The molecule has 4 heteroatoms. The molecule has 1 aliphatic heterocycles. The van der Waals surface area contributed by atoms with Crippen molar-refractivity contribution < 1.29 is 14.3 Å². The van der Waals surface area contributed by atoms with Gasteiger partial charge >= 0.3 is 0 Å². The summed E-state index contributed by atoms with van der Waals surface area (Å²) >= 11 is 0. The third kappa shape index (κ3) is 2.31. The molecule has 2 aromatic rings. The Balaban J connectivity index is 1.93. The van der Waals surface area contributed by atoms with E-state index in [0.717, 1.165) is 0 Å². The van der Waals surface area contributed by atoms with Gasteiger partial charge < -0.3 is 4.74 Å². The number of hydrogen-bond donors (Lipinski definition) is 0. The van der Waals surface area contributed by atoms with E-state index >= 15 is 0 Å². The van der Waals surface area contributed by atoms with E-state index in [1.54, 1.807) is 55.6 Å². The molecule has 0 atom stereocenters. The normalized spacial score (nSPS) is 14.3. The van der Waals surface area contributed by atoms with Gasteiger partial charge in [-0.2, -0.15) is 0 Å². The Morgan fingerprint density at radius 3 is 2.19 bits per heavy atom. The first kappa shape index (κ1) is 13.1. The van der Waals surface area contributed by atoms with Gasteiger partial charge in [-0.05, 0) is 29.8 Å². The minimum absolute atomic E-state index is 0.309. The van der Waals surface area contributed by atoms with E-state index < -0.39 is 0 Å². The Morgan fingerprint density at radius 1 is 0.905 bits per heavy atom. The predicted octanol–water partition coefficient (Wildman–Crippen LogP) is 2.65. The zero-order valence-corrected chi connectivity index (χ0v) is 11.4. The highest BCUT2D eigenvalue weighted by Crippen LogP contribution is 2.28. The molecule has 1 aliphatic rings. The Bertz CT molecular complexity index is 717. The van der Waals surface area contributed by atoms with Gasteiger partial charge in [0.1, 0.15) is 5.75 Å². The lowest BCUT2D eigenvalue weighted by molar-refractivity contribution is -0.119. The summed E-state index contributed by atoms with van der Waals surface area (Å²) in [7, 11) is 1.58. The van der Waals surface area contributed by atoms with Crippen LogP contribution in [0.1, 0.15) is 5.56 Å². The molecule has 0 unspecified atom stereocenters. The standard InChI is InChI=1S/C17H13NO3/c1-21-14-9-7-12(8-10-14)15-11-16(19)18(17(15)20)13-5-3-2-4-6-13/h2-11H,1H3. The smallest absolute Gasteiger partial charge is 0.266 e. The van der Waals surface area contributed by atoms with E-state index in [2.05, 4.69) is 0 Å². The van der Waals surface area contributed by atoms with Crippen LogP contribution in [0, 0.1) is 0 Å². The average molecular weight is 279 g/mol. The number of anilines is 1. The third-order valence-electron chi connectivity index (χ3n) is 3.34. The summed E-state index contributed by atoms with van der Waals surface area (Å²) < 4.78 is 5.09. The van der Waals surface area contributed by atoms with Crippen molar-refractivity contribution in [3.8, 4) is 5.75 Å². The summed E-state index contributed by atoms with van der Waals surface area (Å²) in [6.45, 7) is 0. The molecule has 0 radical (unpaired) electrons. The van der Waals surface area contributed by atoms with Crippen LogP contribution >= 0.6 is 0 Å². The molecule has 0 aromatic heterocycles. The molecule has 0 saturated heterocycles. The molecule has 104 valence electrons. The van der Waals surface area contributed by atoms with Crippen LogP contribution in [0.4, 0.5) is 5.69 Å². The lowest BCUT2D eigenvalue weighted by Crippen LogP contribution is -2.30. The maximum atomic E-state index is 12.5. The molecule has 21 heavy (non-hydrogen) atoms. The van der Waals surface area contributed by atoms with Gasteiger partial charge in [0.05, 0.1) is 18.4 Å². The van der Waals surface area contributed by atoms with Crippen LogP contribution in [-0.2, 0) is 9.59 Å². The van der Waals surface area contributed by atoms with Crippen molar-refractivity contribution >= 4 is 23.1 Å². The highest BCUT2D eigenvalue weighted by atomic mass is 16.5. The largest absolute Gasteiger partial charge is 0.497 e. The first-order valence-corrected chi connectivity index (χ1v) is 6.50. The van der Waals surface area contributed by atoms with Crippen LogP contribution < -0.4 is 9.64 Å². The summed E-state index contributed by atoms with van der Waals surface area (Å²) in [4.78, 5) is 25.8. The fourth-order valence-corrected chi connectivity index (χ4v) is 2.27. The minimum Gasteiger partial charge on any atom is -0.497 e. The molecule has 3 rings (SSSR count). The molecule has 2 amide bonds. The van der Waals surface area contributed by atoms with Crippen molar-refractivity contribution in [1.29, 1.82) is 0 Å². The van der Waals surface area contributed by atoms with Crippen molar-refractivity contribution in [1.82, 2.24) is 0 Å². The second-order valence-electron chi connectivity index (χ2n) is 4.60. The second-order valence-corrected chi connectivity index (χ2v) is 4.60. The molecule has 0 aliphatic carbocycles. The number of ether oxygens (including phenoxy) is 1. The fraction of sp³-hybridized carbons (Fsp3) is 0.0588. The number of amides is 2. The molecule has 2 aromatic carbocycles. The van der Waals surface area contributed by atoms with Crippen molar-refractivity contribution in [3.63, 3.8) is 0 Å². The van der Waals surface area contributed by atoms with Gasteiger partial charge in [-0.1, -0.05) is 30.3 Å². The van der Waals surface area contributed by atoms with Crippen molar-refractivity contribution in [3.05, 3.63) is 66.2 Å². The molecule has 0 fully saturated rings. The van der Waals surface area contributed by atoms with Gasteiger partial charge in [-0.25, -0.2) is 4.90 Å². The summed E-state index contributed by atoms with van der Waals surface area (Å²) in [5, 5.41) is 0. The van der Waals surface area contributed by atoms with Gasteiger partial charge in [0, 0.05) is 6.08 Å². The lowest BCUT2D eigenvalue weighted by Gasteiger charge is -2.14. The molecular formula is C17H13NO3. The van der Waals surface area contributed by atoms with E-state index in [9.17, 15) is 9.59 Å². The Morgan fingerprint density at radius 2 is 1.57 bits per heavy atom. The second kappa shape index (κ2) is 5.25. The van der Waals surface area contributed by atoms with Crippen molar-refractivity contribution in [2.45, 2.75) is 0 Å². The quantitative estimate of drug-likeness (QED) is 0.811. The van der Waals surface area contributed by atoms with E-state index in [1.807, 2.05) is 6.07 Å². The molecule has 0 bridgehead atoms. The highest BCUT2D eigenvalue weighted by Gasteiger charge is 2.32. The molecule has 4 nitrogen and oxygen atoms in total. The summed E-state index contributed by atoms with van der Waals surface area (Å²) in [5.74, 6) is 0.0735. The SMILES string of the molecule is COc1ccc(C2=CC(=O)N(c3ccccc3)C2=O)cc1. The van der Waals surface area contributed by atoms with Crippen molar-refractivity contribution in [2.24, 2.45) is 0 Å². The van der Waals surface area contributed by atoms with Crippen LogP contribution in [0.2, 0.25) is 0 Å². The maximum Gasteiger partial charge on any atom is 0.266 e. The minimum atomic E-state index is -0.322. The average Bonchev–Trinajstić information content (AvgIpc) is 2.83. The number of hydrogen-bond acceptors (Lipinski definition) is 3. The summed E-state index contributed by atoms with van der Waals surface area (Å²) in [6, 6.07) is 16.0. The van der Waals surface area contributed by atoms with Gasteiger partial charge in [0.2, 0.25) is 0 Å². The number of rotatable bonds is 3. The number of carbonyl (C=O) groups is 2. The summed E-state index contributed by atoms with van der Waals surface area (Å²) in [6.07, 6.45) is 1.37. The number of benzene rings is 2. The monoisotopic (exact) mass is 279 g/mol. The van der Waals surface area contributed by atoms with Gasteiger partial charge in [-0.3, -0.25) is 9.59 Å². The number of imide groups is 1. The van der Waals surface area contributed by atoms with Crippen LogP contribution in [0.5, 0.6) is 5.75 Å². The predicted molar refractivity (Wildman–Crippen MR) is 79.9 cm³/mol. The number of methoxy groups -OCH3 is 1.